The van der Waals surface area contributed by atoms with Gasteiger partial charge in [0.05, 0.1) is 0 Å². The van der Waals surface area contributed by atoms with E-state index in [9.17, 15) is 0 Å². The van der Waals surface area contributed by atoms with Gasteiger partial charge in [-0.05, 0) is 46.2 Å². The van der Waals surface area contributed by atoms with Crippen LogP contribution in [0.4, 0.5) is 0 Å². The van der Waals surface area contributed by atoms with Gasteiger partial charge in [0, 0.05) is 18.1 Å². The summed E-state index contributed by atoms with van der Waals surface area (Å²) in [6.07, 6.45) is 1.20. The molecule has 0 aromatic carbocycles. The molecule has 1 N–H and O–H groups in total. The molecule has 2 heteroatoms. The van der Waals surface area contributed by atoms with E-state index in [0.29, 0.717) is 23.5 Å². The molecular weight excluding hydrogens is 196 g/mol. The summed E-state index contributed by atoms with van der Waals surface area (Å²) in [6, 6.07) is 1.71. The van der Waals surface area contributed by atoms with Crippen LogP contribution in [0.2, 0.25) is 0 Å². The highest BCUT2D eigenvalue weighted by Gasteiger charge is 2.28. The first-order valence-electron chi connectivity index (χ1n) is 6.67. The first-order valence-corrected chi connectivity index (χ1v) is 6.67. The van der Waals surface area contributed by atoms with Crippen LogP contribution in [0.3, 0.4) is 0 Å². The zero-order chi connectivity index (χ0) is 12.9. The van der Waals surface area contributed by atoms with Crippen LogP contribution < -0.4 is 5.32 Å². The second-order valence-electron chi connectivity index (χ2n) is 6.19. The Labute approximate surface area is 103 Å². The Balaban J connectivity index is 4.31. The van der Waals surface area contributed by atoms with Gasteiger partial charge in [0.2, 0.25) is 0 Å². The van der Waals surface area contributed by atoms with Crippen LogP contribution in [-0.2, 0) is 0 Å². The summed E-state index contributed by atoms with van der Waals surface area (Å²) in [4.78, 5) is 2.49. The molecule has 0 saturated heterocycles. The zero-order valence-corrected chi connectivity index (χ0v) is 12.6. The summed E-state index contributed by atoms with van der Waals surface area (Å²) in [5, 5.41) is 3.58. The number of hydrogen-bond acceptors (Lipinski definition) is 2. The van der Waals surface area contributed by atoms with E-state index in [1.54, 1.807) is 0 Å². The lowest BCUT2D eigenvalue weighted by atomic mass is 9.86. The lowest BCUT2D eigenvalue weighted by molar-refractivity contribution is 0.0886. The van der Waals surface area contributed by atoms with Crippen molar-refractivity contribution in [3.63, 3.8) is 0 Å². The smallest absolute Gasteiger partial charge is 0.0218 e. The van der Waals surface area contributed by atoms with Gasteiger partial charge in [0.1, 0.15) is 0 Å². The van der Waals surface area contributed by atoms with Crippen LogP contribution in [0.5, 0.6) is 0 Å². The van der Waals surface area contributed by atoms with E-state index in [1.165, 1.54) is 6.42 Å². The van der Waals surface area contributed by atoms with Crippen LogP contribution in [0.25, 0.3) is 0 Å². The van der Waals surface area contributed by atoms with E-state index in [2.05, 4.69) is 65.7 Å². The quantitative estimate of drug-likeness (QED) is 0.751. The fourth-order valence-electron chi connectivity index (χ4n) is 1.86. The third-order valence-electron chi connectivity index (χ3n) is 3.95. The SMILES string of the molecule is CCCNC(C)C(C)N(C)C(C)C(C)(C)C. The number of likely N-dealkylation sites (N-methyl/N-ethyl adjacent to an activating group) is 1. The summed E-state index contributed by atoms with van der Waals surface area (Å²) in [6.45, 7) is 17.2. The summed E-state index contributed by atoms with van der Waals surface area (Å²) in [7, 11) is 2.24. The molecule has 0 amide bonds. The van der Waals surface area contributed by atoms with Crippen molar-refractivity contribution < 1.29 is 0 Å². The van der Waals surface area contributed by atoms with Gasteiger partial charge >= 0.3 is 0 Å². The van der Waals surface area contributed by atoms with E-state index in [4.69, 9.17) is 0 Å². The van der Waals surface area contributed by atoms with Crippen molar-refractivity contribution in [3.8, 4) is 0 Å². The average molecular weight is 228 g/mol. The average Bonchev–Trinajstić information content (AvgIpc) is 2.21. The van der Waals surface area contributed by atoms with Crippen molar-refractivity contribution in [1.29, 1.82) is 0 Å². The lowest BCUT2D eigenvalue weighted by Gasteiger charge is -2.41. The zero-order valence-electron chi connectivity index (χ0n) is 12.6. The van der Waals surface area contributed by atoms with Gasteiger partial charge in [-0.2, -0.15) is 0 Å². The summed E-state index contributed by atoms with van der Waals surface area (Å²) >= 11 is 0. The number of nitrogens with zero attached hydrogens (tertiary/aromatic N) is 1. The number of hydrogen-bond donors (Lipinski definition) is 1. The minimum Gasteiger partial charge on any atom is -0.313 e. The van der Waals surface area contributed by atoms with Crippen molar-refractivity contribution in [2.75, 3.05) is 13.6 Å². The maximum Gasteiger partial charge on any atom is 0.0218 e. The topological polar surface area (TPSA) is 15.3 Å². The minimum absolute atomic E-state index is 0.341. The third kappa shape index (κ3) is 4.84. The van der Waals surface area contributed by atoms with Crippen LogP contribution in [0.15, 0.2) is 0 Å². The van der Waals surface area contributed by atoms with E-state index < -0.39 is 0 Å². The van der Waals surface area contributed by atoms with Crippen LogP contribution in [0.1, 0.15) is 54.9 Å². The molecule has 0 aromatic rings. The van der Waals surface area contributed by atoms with Gasteiger partial charge in [-0.15, -0.1) is 0 Å². The fourth-order valence-corrected chi connectivity index (χ4v) is 1.86. The predicted octanol–water partition coefficient (Wildman–Crippen LogP) is 3.13. The molecule has 0 radical (unpaired) electrons. The summed E-state index contributed by atoms with van der Waals surface area (Å²) in [5.74, 6) is 0. The van der Waals surface area contributed by atoms with Crippen LogP contribution >= 0.6 is 0 Å². The van der Waals surface area contributed by atoms with Crippen molar-refractivity contribution in [2.45, 2.75) is 73.0 Å². The normalized spacial score (nSPS) is 18.6. The van der Waals surface area contributed by atoms with Crippen molar-refractivity contribution >= 4 is 0 Å². The fraction of sp³-hybridized carbons (Fsp3) is 1.00. The van der Waals surface area contributed by atoms with Gasteiger partial charge < -0.3 is 5.32 Å². The maximum atomic E-state index is 3.58. The lowest BCUT2D eigenvalue weighted by Crippen LogP contribution is -2.51. The molecule has 16 heavy (non-hydrogen) atoms. The molecule has 3 atom stereocenters. The Morgan fingerprint density at radius 1 is 1.12 bits per heavy atom. The molecule has 0 aliphatic carbocycles. The molecule has 0 heterocycles. The Hall–Kier alpha value is -0.0800. The molecule has 98 valence electrons. The molecule has 0 aromatic heterocycles. The van der Waals surface area contributed by atoms with Crippen molar-refractivity contribution in [3.05, 3.63) is 0 Å². The van der Waals surface area contributed by atoms with Gasteiger partial charge in [0.25, 0.3) is 0 Å². The standard InChI is InChI=1S/C14H32N2/c1-9-10-15-11(2)12(3)16(8)13(4)14(5,6)7/h11-13,15H,9-10H2,1-8H3. The number of rotatable bonds is 6. The largest absolute Gasteiger partial charge is 0.313 e. The van der Waals surface area contributed by atoms with E-state index in [0.717, 1.165) is 6.54 Å². The van der Waals surface area contributed by atoms with E-state index >= 15 is 0 Å². The molecule has 0 rings (SSSR count). The molecule has 0 spiro atoms. The highest BCUT2D eigenvalue weighted by molar-refractivity contribution is 4.84. The van der Waals surface area contributed by atoms with Gasteiger partial charge in [-0.3, -0.25) is 4.90 Å². The van der Waals surface area contributed by atoms with E-state index in [-0.39, 0.29) is 0 Å². The van der Waals surface area contributed by atoms with Crippen LogP contribution in [-0.4, -0.2) is 36.6 Å². The Bertz CT molecular complexity index is 184. The van der Waals surface area contributed by atoms with Crippen LogP contribution in [0, 0.1) is 5.41 Å². The first kappa shape index (κ1) is 15.9. The Kier molecular flexibility index (Phi) is 6.57. The molecule has 0 saturated carbocycles. The molecular formula is C14H32N2. The molecule has 0 aliphatic rings. The van der Waals surface area contributed by atoms with Crippen molar-refractivity contribution in [2.24, 2.45) is 5.41 Å². The maximum absolute atomic E-state index is 3.58. The molecule has 2 nitrogen and oxygen atoms in total. The van der Waals surface area contributed by atoms with Gasteiger partial charge in [-0.25, -0.2) is 0 Å². The minimum atomic E-state index is 0.341. The second-order valence-corrected chi connectivity index (χ2v) is 6.19. The number of nitrogens with one attached hydrogen (secondary N) is 1. The molecule has 3 unspecified atom stereocenters. The Morgan fingerprint density at radius 2 is 1.62 bits per heavy atom. The predicted molar refractivity (Wildman–Crippen MR) is 73.9 cm³/mol. The van der Waals surface area contributed by atoms with Gasteiger partial charge in [0.15, 0.2) is 0 Å². The first-order chi connectivity index (χ1) is 7.21. The van der Waals surface area contributed by atoms with Gasteiger partial charge in [-0.1, -0.05) is 27.7 Å². The highest BCUT2D eigenvalue weighted by atomic mass is 15.2. The second kappa shape index (κ2) is 6.61. The Morgan fingerprint density at radius 3 is 2.00 bits per heavy atom. The molecule has 0 fully saturated rings. The molecule has 0 aliphatic heterocycles. The van der Waals surface area contributed by atoms with Crippen molar-refractivity contribution in [1.82, 2.24) is 10.2 Å². The highest BCUT2D eigenvalue weighted by Crippen LogP contribution is 2.24. The summed E-state index contributed by atoms with van der Waals surface area (Å²) < 4.78 is 0. The van der Waals surface area contributed by atoms with E-state index in [1.807, 2.05) is 0 Å². The monoisotopic (exact) mass is 228 g/mol. The summed E-state index contributed by atoms with van der Waals surface area (Å²) in [5.41, 5.74) is 0.341. The molecule has 0 bridgehead atoms. The third-order valence-corrected chi connectivity index (χ3v) is 3.95.